The summed E-state index contributed by atoms with van der Waals surface area (Å²) in [6, 6.07) is 7.96. The fraction of sp³-hybridized carbons (Fsp3) is 0.357. The Balaban J connectivity index is 2.59. The van der Waals surface area contributed by atoms with E-state index in [-0.39, 0.29) is 11.4 Å². The Morgan fingerprint density at radius 3 is 2.53 bits per heavy atom. The molecule has 3 heteroatoms. The monoisotopic (exact) mass is 230 g/mol. The average Bonchev–Trinajstić information content (AvgIpc) is 2.27. The summed E-state index contributed by atoms with van der Waals surface area (Å²) in [5.74, 6) is -0.0458. The molecule has 0 unspecified atom stereocenters. The van der Waals surface area contributed by atoms with Crippen LogP contribution < -0.4 is 9.80 Å². The highest BCUT2D eigenvalue weighted by Crippen LogP contribution is 2.38. The first-order chi connectivity index (χ1) is 7.97. The van der Waals surface area contributed by atoms with Gasteiger partial charge in [0.05, 0.1) is 16.9 Å². The fourth-order valence-electron chi connectivity index (χ4n) is 2.55. The number of anilines is 2. The molecule has 0 radical (unpaired) electrons. The van der Waals surface area contributed by atoms with Crippen molar-refractivity contribution in [3.63, 3.8) is 0 Å². The summed E-state index contributed by atoms with van der Waals surface area (Å²) in [6.45, 7) is 8.54. The third-order valence-corrected chi connectivity index (χ3v) is 3.16. The maximum absolute atomic E-state index is 12.0. The van der Waals surface area contributed by atoms with Crippen LogP contribution in [0.2, 0.25) is 0 Å². The maximum atomic E-state index is 12.0. The van der Waals surface area contributed by atoms with Crippen LogP contribution in [0.1, 0.15) is 13.8 Å². The quantitative estimate of drug-likeness (QED) is 0.692. The Bertz CT molecular complexity index is 465. The number of fused-ring (bicyclic) bond motifs is 1. The first-order valence-electron chi connectivity index (χ1n) is 5.74. The van der Waals surface area contributed by atoms with Gasteiger partial charge in [0.1, 0.15) is 0 Å². The SMILES string of the molecule is C=CC(=O)N1c2ccccc2N(C)CC1(C)C. The molecule has 1 aromatic carbocycles. The van der Waals surface area contributed by atoms with Gasteiger partial charge >= 0.3 is 0 Å². The number of carbonyl (C=O) groups excluding carboxylic acids is 1. The van der Waals surface area contributed by atoms with E-state index in [1.807, 2.05) is 29.2 Å². The molecule has 1 aromatic rings. The molecule has 2 rings (SSSR count). The first-order valence-corrected chi connectivity index (χ1v) is 5.74. The molecule has 0 aromatic heterocycles. The third kappa shape index (κ3) is 1.82. The highest BCUT2D eigenvalue weighted by atomic mass is 16.2. The van der Waals surface area contributed by atoms with E-state index in [1.165, 1.54) is 6.08 Å². The highest BCUT2D eigenvalue weighted by Gasteiger charge is 2.37. The minimum absolute atomic E-state index is 0.0458. The van der Waals surface area contributed by atoms with Crippen LogP contribution in [0.4, 0.5) is 11.4 Å². The second-order valence-corrected chi connectivity index (χ2v) is 5.03. The lowest BCUT2D eigenvalue weighted by Gasteiger charge is -2.47. The molecule has 0 saturated carbocycles. The predicted octanol–water partition coefficient (Wildman–Crippen LogP) is 2.43. The largest absolute Gasteiger partial charge is 0.371 e. The smallest absolute Gasteiger partial charge is 0.251 e. The molecule has 0 aliphatic carbocycles. The molecular formula is C14H18N2O. The zero-order chi connectivity index (χ0) is 12.6. The van der Waals surface area contributed by atoms with E-state index in [1.54, 1.807) is 0 Å². The van der Waals surface area contributed by atoms with Crippen LogP contribution in [0, 0.1) is 0 Å². The highest BCUT2D eigenvalue weighted by molar-refractivity contribution is 6.05. The summed E-state index contributed by atoms with van der Waals surface area (Å²) >= 11 is 0. The molecule has 0 bridgehead atoms. The van der Waals surface area contributed by atoms with Crippen molar-refractivity contribution in [2.45, 2.75) is 19.4 Å². The van der Waals surface area contributed by atoms with Crippen LogP contribution in [0.25, 0.3) is 0 Å². The van der Waals surface area contributed by atoms with Crippen molar-refractivity contribution in [1.29, 1.82) is 0 Å². The molecule has 17 heavy (non-hydrogen) atoms. The minimum atomic E-state index is -0.228. The van der Waals surface area contributed by atoms with E-state index in [0.29, 0.717) is 0 Å². The maximum Gasteiger partial charge on any atom is 0.251 e. The normalized spacial score (nSPS) is 17.6. The Kier molecular flexibility index (Phi) is 2.69. The molecule has 1 aliphatic rings. The van der Waals surface area contributed by atoms with Crippen molar-refractivity contribution < 1.29 is 4.79 Å². The lowest BCUT2D eigenvalue weighted by Crippen LogP contribution is -2.57. The molecule has 90 valence electrons. The van der Waals surface area contributed by atoms with Crippen molar-refractivity contribution in [3.8, 4) is 0 Å². The van der Waals surface area contributed by atoms with Gasteiger partial charge in [0.15, 0.2) is 0 Å². The van der Waals surface area contributed by atoms with Gasteiger partial charge in [-0.05, 0) is 32.1 Å². The minimum Gasteiger partial charge on any atom is -0.371 e. The van der Waals surface area contributed by atoms with Crippen LogP contribution in [0.15, 0.2) is 36.9 Å². The van der Waals surface area contributed by atoms with Gasteiger partial charge in [-0.15, -0.1) is 0 Å². The Hall–Kier alpha value is -1.77. The average molecular weight is 230 g/mol. The number of nitrogens with zero attached hydrogens (tertiary/aromatic N) is 2. The Morgan fingerprint density at radius 1 is 1.35 bits per heavy atom. The summed E-state index contributed by atoms with van der Waals surface area (Å²) in [7, 11) is 2.05. The molecule has 0 spiro atoms. The lowest BCUT2D eigenvalue weighted by molar-refractivity contribution is -0.115. The predicted molar refractivity (Wildman–Crippen MR) is 71.5 cm³/mol. The second-order valence-electron chi connectivity index (χ2n) is 5.03. The van der Waals surface area contributed by atoms with Crippen LogP contribution in [0.5, 0.6) is 0 Å². The van der Waals surface area contributed by atoms with Gasteiger partial charge in [-0.2, -0.15) is 0 Å². The van der Waals surface area contributed by atoms with Crippen LogP contribution in [0.3, 0.4) is 0 Å². The number of benzene rings is 1. The van der Waals surface area contributed by atoms with E-state index in [4.69, 9.17) is 0 Å². The molecular weight excluding hydrogens is 212 g/mol. The van der Waals surface area contributed by atoms with Crippen molar-refractivity contribution >= 4 is 17.3 Å². The summed E-state index contributed by atoms with van der Waals surface area (Å²) in [4.78, 5) is 16.1. The lowest BCUT2D eigenvalue weighted by atomic mass is 9.96. The molecule has 0 atom stereocenters. The summed E-state index contributed by atoms with van der Waals surface area (Å²) < 4.78 is 0. The van der Waals surface area contributed by atoms with Crippen molar-refractivity contribution in [2.24, 2.45) is 0 Å². The van der Waals surface area contributed by atoms with Gasteiger partial charge in [0.2, 0.25) is 0 Å². The molecule has 0 fully saturated rings. The number of para-hydroxylation sites is 2. The summed E-state index contributed by atoms with van der Waals surface area (Å²) in [6.07, 6.45) is 1.38. The Morgan fingerprint density at radius 2 is 1.94 bits per heavy atom. The molecule has 3 nitrogen and oxygen atoms in total. The van der Waals surface area contributed by atoms with Crippen molar-refractivity contribution in [3.05, 3.63) is 36.9 Å². The van der Waals surface area contributed by atoms with Crippen molar-refractivity contribution in [1.82, 2.24) is 0 Å². The van der Waals surface area contributed by atoms with Crippen molar-refractivity contribution in [2.75, 3.05) is 23.4 Å². The van der Waals surface area contributed by atoms with Gasteiger partial charge in [-0.1, -0.05) is 18.7 Å². The number of rotatable bonds is 1. The number of hydrogen-bond donors (Lipinski definition) is 0. The molecule has 0 N–H and O–H groups in total. The van der Waals surface area contributed by atoms with Crippen LogP contribution in [-0.2, 0) is 4.79 Å². The summed E-state index contributed by atoms with van der Waals surface area (Å²) in [5.41, 5.74) is 1.81. The standard InChI is InChI=1S/C14H18N2O/c1-5-13(17)16-12-9-7-6-8-11(12)15(4)10-14(16,2)3/h5-9H,1,10H2,2-4H3. The zero-order valence-electron chi connectivity index (χ0n) is 10.6. The summed E-state index contributed by atoms with van der Waals surface area (Å²) in [5, 5.41) is 0. The topological polar surface area (TPSA) is 23.6 Å². The van der Waals surface area contributed by atoms with E-state index in [0.717, 1.165) is 17.9 Å². The van der Waals surface area contributed by atoms with Gasteiger partial charge in [0.25, 0.3) is 5.91 Å². The zero-order valence-corrected chi connectivity index (χ0v) is 10.6. The van der Waals surface area contributed by atoms with E-state index in [2.05, 4.69) is 32.4 Å². The number of amides is 1. The van der Waals surface area contributed by atoms with Crippen LogP contribution >= 0.6 is 0 Å². The number of carbonyl (C=O) groups is 1. The van der Waals surface area contributed by atoms with Gasteiger partial charge in [-0.25, -0.2) is 0 Å². The fourth-order valence-corrected chi connectivity index (χ4v) is 2.55. The number of likely N-dealkylation sites (N-methyl/N-ethyl adjacent to an activating group) is 1. The molecule has 1 amide bonds. The van der Waals surface area contributed by atoms with Crippen LogP contribution in [-0.4, -0.2) is 25.0 Å². The molecule has 1 aliphatic heterocycles. The molecule has 0 saturated heterocycles. The van der Waals surface area contributed by atoms with E-state index >= 15 is 0 Å². The van der Waals surface area contributed by atoms with E-state index < -0.39 is 0 Å². The third-order valence-electron chi connectivity index (χ3n) is 3.16. The Labute approximate surface area is 102 Å². The number of hydrogen-bond acceptors (Lipinski definition) is 2. The van der Waals surface area contributed by atoms with Gasteiger partial charge in [-0.3, -0.25) is 9.69 Å². The second kappa shape index (κ2) is 3.91. The molecule has 1 heterocycles. The first kappa shape index (κ1) is 11.7. The van der Waals surface area contributed by atoms with E-state index in [9.17, 15) is 4.79 Å². The van der Waals surface area contributed by atoms with Gasteiger partial charge in [0, 0.05) is 13.6 Å². The van der Waals surface area contributed by atoms with Gasteiger partial charge < -0.3 is 4.90 Å².